The number of hydrogen-bond donors (Lipinski definition) is 1. The van der Waals surface area contributed by atoms with E-state index in [1.807, 2.05) is 36.5 Å². The first-order valence-electron chi connectivity index (χ1n) is 5.45. The van der Waals surface area contributed by atoms with Crippen molar-refractivity contribution < 1.29 is 9.63 Å². The summed E-state index contributed by atoms with van der Waals surface area (Å²) in [5.41, 5.74) is 3.96. The smallest absolute Gasteiger partial charge is 0.291 e. The molecular formula is C13H13BrN2O2. The monoisotopic (exact) mass is 308 g/mol. The molecule has 5 heteroatoms. The maximum Gasteiger partial charge on any atom is 0.291 e. The molecule has 0 bridgehead atoms. The molecular weight excluding hydrogens is 296 g/mol. The Balaban J connectivity index is 1.87. The summed E-state index contributed by atoms with van der Waals surface area (Å²) in [6.45, 7) is 0.345. The van der Waals surface area contributed by atoms with E-state index in [2.05, 4.69) is 21.4 Å². The molecule has 94 valence electrons. The Hall–Kier alpha value is -1.59. The summed E-state index contributed by atoms with van der Waals surface area (Å²) < 4.78 is 2.59. The van der Waals surface area contributed by atoms with E-state index < -0.39 is 0 Å². The van der Waals surface area contributed by atoms with Gasteiger partial charge in [0.25, 0.3) is 5.91 Å². The minimum atomic E-state index is -0.265. The summed E-state index contributed by atoms with van der Waals surface area (Å²) in [6, 6.07) is 11.4. The second-order valence-corrected chi connectivity index (χ2v) is 4.78. The number of hydroxylamine groups is 1. The van der Waals surface area contributed by atoms with Gasteiger partial charge >= 0.3 is 0 Å². The van der Waals surface area contributed by atoms with Gasteiger partial charge in [-0.05, 0) is 27.6 Å². The van der Waals surface area contributed by atoms with Crippen molar-refractivity contribution >= 4 is 21.8 Å². The Morgan fingerprint density at radius 3 is 2.72 bits per heavy atom. The minimum absolute atomic E-state index is 0.265. The van der Waals surface area contributed by atoms with Gasteiger partial charge in [-0.3, -0.25) is 9.63 Å². The third kappa shape index (κ3) is 3.21. The molecule has 0 radical (unpaired) electrons. The van der Waals surface area contributed by atoms with Crippen LogP contribution in [0.2, 0.25) is 0 Å². The Labute approximate surface area is 114 Å². The molecule has 4 nitrogen and oxygen atoms in total. The Morgan fingerprint density at radius 1 is 1.39 bits per heavy atom. The lowest BCUT2D eigenvalue weighted by molar-refractivity contribution is 0.0227. The number of aryl methyl sites for hydroxylation is 1. The summed E-state index contributed by atoms with van der Waals surface area (Å²) >= 11 is 3.31. The highest BCUT2D eigenvalue weighted by atomic mass is 79.9. The molecule has 0 saturated carbocycles. The number of nitrogens with one attached hydrogen (secondary N) is 1. The third-order valence-electron chi connectivity index (χ3n) is 2.45. The number of benzene rings is 1. The first kappa shape index (κ1) is 12.9. The number of carbonyl (C=O) groups excluding carboxylic acids is 1. The maximum absolute atomic E-state index is 11.8. The van der Waals surface area contributed by atoms with Crippen LogP contribution in [0.5, 0.6) is 0 Å². The topological polar surface area (TPSA) is 43.3 Å². The molecule has 0 unspecified atom stereocenters. The predicted molar refractivity (Wildman–Crippen MR) is 71.8 cm³/mol. The zero-order valence-electron chi connectivity index (χ0n) is 9.89. The van der Waals surface area contributed by atoms with Crippen molar-refractivity contribution in [2.45, 2.75) is 6.61 Å². The van der Waals surface area contributed by atoms with E-state index in [4.69, 9.17) is 4.84 Å². The molecule has 1 amide bonds. The van der Waals surface area contributed by atoms with Crippen molar-refractivity contribution in [2.24, 2.45) is 7.05 Å². The normalized spacial score (nSPS) is 10.3. The maximum atomic E-state index is 11.8. The Bertz CT molecular complexity index is 537. The SMILES string of the molecule is Cn1cc(Br)cc1C(=O)NOCc1ccccc1. The number of hydrogen-bond acceptors (Lipinski definition) is 2. The molecule has 0 aliphatic rings. The summed E-state index contributed by atoms with van der Waals surface area (Å²) in [5.74, 6) is -0.265. The van der Waals surface area contributed by atoms with Crippen LogP contribution in [-0.4, -0.2) is 10.5 Å². The van der Waals surface area contributed by atoms with Gasteiger partial charge in [0, 0.05) is 17.7 Å². The van der Waals surface area contributed by atoms with Gasteiger partial charge in [0.1, 0.15) is 5.69 Å². The molecule has 0 fully saturated rings. The van der Waals surface area contributed by atoms with Crippen molar-refractivity contribution in [1.29, 1.82) is 0 Å². The molecule has 0 aliphatic heterocycles. The lowest BCUT2D eigenvalue weighted by Crippen LogP contribution is -2.25. The van der Waals surface area contributed by atoms with E-state index in [9.17, 15) is 4.79 Å². The van der Waals surface area contributed by atoms with Crippen molar-refractivity contribution in [2.75, 3.05) is 0 Å². The molecule has 2 rings (SSSR count). The van der Waals surface area contributed by atoms with Crippen molar-refractivity contribution in [1.82, 2.24) is 10.0 Å². The molecule has 0 aliphatic carbocycles. The molecule has 18 heavy (non-hydrogen) atoms. The van der Waals surface area contributed by atoms with Crippen LogP contribution in [0.4, 0.5) is 0 Å². The number of carbonyl (C=O) groups is 1. The highest BCUT2D eigenvalue weighted by molar-refractivity contribution is 9.10. The second kappa shape index (κ2) is 5.84. The summed E-state index contributed by atoms with van der Waals surface area (Å²) in [7, 11) is 1.80. The van der Waals surface area contributed by atoms with Crippen molar-refractivity contribution in [3.8, 4) is 0 Å². The average Bonchev–Trinajstić information content (AvgIpc) is 2.70. The van der Waals surface area contributed by atoms with Gasteiger partial charge in [0.2, 0.25) is 0 Å². The van der Waals surface area contributed by atoms with Crippen LogP contribution in [0.1, 0.15) is 16.1 Å². The fourth-order valence-corrected chi connectivity index (χ4v) is 2.09. The number of rotatable bonds is 4. The molecule has 0 saturated heterocycles. The zero-order chi connectivity index (χ0) is 13.0. The highest BCUT2D eigenvalue weighted by Gasteiger charge is 2.10. The first-order valence-corrected chi connectivity index (χ1v) is 6.24. The average molecular weight is 309 g/mol. The van der Waals surface area contributed by atoms with Crippen LogP contribution in [0, 0.1) is 0 Å². The number of aromatic nitrogens is 1. The molecule has 1 aromatic heterocycles. The lowest BCUT2D eigenvalue weighted by Gasteiger charge is -2.06. The van der Waals surface area contributed by atoms with Gasteiger partial charge in [-0.25, -0.2) is 5.48 Å². The number of nitrogens with zero attached hydrogens (tertiary/aromatic N) is 1. The first-order chi connectivity index (χ1) is 8.66. The van der Waals surface area contributed by atoms with E-state index in [1.54, 1.807) is 17.7 Å². The quantitative estimate of drug-likeness (QED) is 0.882. The van der Waals surface area contributed by atoms with E-state index in [-0.39, 0.29) is 5.91 Å². The number of amides is 1. The van der Waals surface area contributed by atoms with Gasteiger partial charge in [-0.15, -0.1) is 0 Å². The van der Waals surface area contributed by atoms with Gasteiger partial charge in [0.05, 0.1) is 6.61 Å². The van der Waals surface area contributed by atoms with E-state index in [0.717, 1.165) is 10.0 Å². The molecule has 0 atom stereocenters. The fourth-order valence-electron chi connectivity index (χ4n) is 1.56. The van der Waals surface area contributed by atoms with Crippen LogP contribution in [0.25, 0.3) is 0 Å². The standard InChI is InChI=1S/C13H13BrN2O2/c1-16-8-11(14)7-12(16)13(17)15-18-9-10-5-3-2-4-6-10/h2-8H,9H2,1H3,(H,15,17). The van der Waals surface area contributed by atoms with Crippen LogP contribution in [0.3, 0.4) is 0 Å². The third-order valence-corrected chi connectivity index (χ3v) is 2.88. The van der Waals surface area contributed by atoms with Gasteiger partial charge in [-0.2, -0.15) is 0 Å². The van der Waals surface area contributed by atoms with Gasteiger partial charge in [0.15, 0.2) is 0 Å². The predicted octanol–water partition coefficient (Wildman–Crippen LogP) is 2.65. The zero-order valence-corrected chi connectivity index (χ0v) is 11.5. The van der Waals surface area contributed by atoms with E-state index in [0.29, 0.717) is 12.3 Å². The van der Waals surface area contributed by atoms with E-state index >= 15 is 0 Å². The summed E-state index contributed by atoms with van der Waals surface area (Å²) in [4.78, 5) is 17.0. The minimum Gasteiger partial charge on any atom is -0.345 e. The van der Waals surface area contributed by atoms with E-state index in [1.165, 1.54) is 0 Å². The van der Waals surface area contributed by atoms with Gasteiger partial charge in [-0.1, -0.05) is 30.3 Å². The molecule has 1 aromatic carbocycles. The highest BCUT2D eigenvalue weighted by Crippen LogP contribution is 2.13. The summed E-state index contributed by atoms with van der Waals surface area (Å²) in [6.07, 6.45) is 1.81. The van der Waals surface area contributed by atoms with Crippen LogP contribution in [0.15, 0.2) is 47.1 Å². The molecule has 1 heterocycles. The number of halogens is 1. The lowest BCUT2D eigenvalue weighted by atomic mass is 10.2. The molecule has 1 N–H and O–H groups in total. The summed E-state index contributed by atoms with van der Waals surface area (Å²) in [5, 5.41) is 0. The molecule has 0 spiro atoms. The van der Waals surface area contributed by atoms with Crippen molar-refractivity contribution in [3.05, 3.63) is 58.3 Å². The second-order valence-electron chi connectivity index (χ2n) is 3.86. The van der Waals surface area contributed by atoms with Gasteiger partial charge < -0.3 is 4.57 Å². The van der Waals surface area contributed by atoms with Crippen molar-refractivity contribution in [3.63, 3.8) is 0 Å². The fraction of sp³-hybridized carbons (Fsp3) is 0.154. The Kier molecular flexibility index (Phi) is 4.17. The van der Waals surface area contributed by atoms with Crippen LogP contribution < -0.4 is 5.48 Å². The van der Waals surface area contributed by atoms with Crippen LogP contribution in [-0.2, 0) is 18.5 Å². The Morgan fingerprint density at radius 2 is 2.11 bits per heavy atom. The largest absolute Gasteiger partial charge is 0.345 e. The van der Waals surface area contributed by atoms with Crippen LogP contribution >= 0.6 is 15.9 Å². The molecule has 2 aromatic rings.